The first-order valence-electron chi connectivity index (χ1n) is 6.30. The standard InChI is InChI=1S/C13H19ClN2O/c14-11-6-7-13(15-10-11)16(8-9-17)12-4-2-1-3-5-12/h6-7,10,12,17H,1-5,8-9H2. The number of aliphatic hydroxyl groups is 1. The number of aromatic nitrogens is 1. The number of anilines is 1. The van der Waals surface area contributed by atoms with Crippen molar-refractivity contribution < 1.29 is 5.11 Å². The molecule has 1 aromatic heterocycles. The maximum atomic E-state index is 9.19. The Labute approximate surface area is 107 Å². The van der Waals surface area contributed by atoms with E-state index in [2.05, 4.69) is 9.88 Å². The van der Waals surface area contributed by atoms with E-state index in [9.17, 15) is 5.11 Å². The Kier molecular flexibility index (Phi) is 4.63. The first-order valence-corrected chi connectivity index (χ1v) is 6.68. The summed E-state index contributed by atoms with van der Waals surface area (Å²) in [6.07, 6.45) is 7.95. The Bertz CT molecular complexity index is 336. The average molecular weight is 255 g/mol. The second kappa shape index (κ2) is 6.22. The van der Waals surface area contributed by atoms with Gasteiger partial charge in [-0.1, -0.05) is 30.9 Å². The summed E-state index contributed by atoms with van der Waals surface area (Å²) in [5.41, 5.74) is 0. The zero-order valence-corrected chi connectivity index (χ0v) is 10.7. The highest BCUT2D eigenvalue weighted by Crippen LogP contribution is 2.26. The van der Waals surface area contributed by atoms with Gasteiger partial charge in [0.2, 0.25) is 0 Å². The number of aliphatic hydroxyl groups excluding tert-OH is 1. The van der Waals surface area contributed by atoms with Crippen molar-refractivity contribution in [1.82, 2.24) is 4.98 Å². The zero-order chi connectivity index (χ0) is 12.1. The summed E-state index contributed by atoms with van der Waals surface area (Å²) >= 11 is 5.85. The average Bonchev–Trinajstić information content (AvgIpc) is 2.38. The molecule has 4 heteroatoms. The van der Waals surface area contributed by atoms with Crippen LogP contribution in [-0.2, 0) is 0 Å². The first-order chi connectivity index (χ1) is 8.31. The second-order valence-corrected chi connectivity index (χ2v) is 4.98. The molecule has 0 atom stereocenters. The Morgan fingerprint density at radius 2 is 2.06 bits per heavy atom. The lowest BCUT2D eigenvalue weighted by atomic mass is 9.94. The molecule has 1 heterocycles. The van der Waals surface area contributed by atoms with E-state index in [1.807, 2.05) is 12.1 Å². The van der Waals surface area contributed by atoms with Crippen molar-refractivity contribution in [2.24, 2.45) is 0 Å². The molecule has 1 aliphatic carbocycles. The molecule has 1 saturated carbocycles. The quantitative estimate of drug-likeness (QED) is 0.898. The Morgan fingerprint density at radius 1 is 1.29 bits per heavy atom. The summed E-state index contributed by atoms with van der Waals surface area (Å²) in [4.78, 5) is 6.57. The lowest BCUT2D eigenvalue weighted by Crippen LogP contribution is -2.39. The smallest absolute Gasteiger partial charge is 0.128 e. The van der Waals surface area contributed by atoms with E-state index in [0.29, 0.717) is 17.6 Å². The van der Waals surface area contributed by atoms with Crippen LogP contribution in [0, 0.1) is 0 Å². The van der Waals surface area contributed by atoms with E-state index < -0.39 is 0 Å². The molecule has 17 heavy (non-hydrogen) atoms. The van der Waals surface area contributed by atoms with E-state index in [-0.39, 0.29) is 6.61 Å². The molecule has 3 nitrogen and oxygen atoms in total. The summed E-state index contributed by atoms with van der Waals surface area (Å²) in [5.74, 6) is 0.926. The topological polar surface area (TPSA) is 36.4 Å². The van der Waals surface area contributed by atoms with E-state index in [0.717, 1.165) is 5.82 Å². The van der Waals surface area contributed by atoms with Crippen molar-refractivity contribution in [1.29, 1.82) is 0 Å². The van der Waals surface area contributed by atoms with Crippen LogP contribution in [0.25, 0.3) is 0 Å². The van der Waals surface area contributed by atoms with Crippen molar-refractivity contribution in [2.45, 2.75) is 38.1 Å². The van der Waals surface area contributed by atoms with Crippen molar-refractivity contribution in [3.63, 3.8) is 0 Å². The summed E-state index contributed by atoms with van der Waals surface area (Å²) in [5, 5.41) is 9.84. The van der Waals surface area contributed by atoms with E-state index in [1.54, 1.807) is 6.20 Å². The molecule has 0 bridgehead atoms. The van der Waals surface area contributed by atoms with E-state index in [1.165, 1.54) is 32.1 Å². The minimum Gasteiger partial charge on any atom is -0.395 e. The van der Waals surface area contributed by atoms with Crippen molar-refractivity contribution in [2.75, 3.05) is 18.1 Å². The second-order valence-electron chi connectivity index (χ2n) is 4.54. The van der Waals surface area contributed by atoms with Crippen LogP contribution in [0.1, 0.15) is 32.1 Å². The monoisotopic (exact) mass is 254 g/mol. The molecule has 94 valence electrons. The van der Waals surface area contributed by atoms with Crippen LogP contribution in [0.2, 0.25) is 5.02 Å². The minimum atomic E-state index is 0.167. The summed E-state index contributed by atoms with van der Waals surface area (Å²) in [6.45, 7) is 0.820. The number of rotatable bonds is 4. The van der Waals surface area contributed by atoms with Crippen molar-refractivity contribution in [3.8, 4) is 0 Å². The molecule has 0 aromatic carbocycles. The zero-order valence-electron chi connectivity index (χ0n) is 9.98. The lowest BCUT2D eigenvalue weighted by molar-refractivity contribution is 0.289. The highest BCUT2D eigenvalue weighted by molar-refractivity contribution is 6.30. The molecule has 0 saturated heterocycles. The van der Waals surface area contributed by atoms with Crippen LogP contribution in [-0.4, -0.2) is 29.3 Å². The van der Waals surface area contributed by atoms with Gasteiger partial charge in [-0.25, -0.2) is 4.98 Å². The Balaban J connectivity index is 2.12. The number of pyridine rings is 1. The highest BCUT2D eigenvalue weighted by Gasteiger charge is 2.21. The predicted octanol–water partition coefficient (Wildman–Crippen LogP) is 2.87. The number of halogens is 1. The largest absolute Gasteiger partial charge is 0.395 e. The van der Waals surface area contributed by atoms with Crippen LogP contribution in [0.4, 0.5) is 5.82 Å². The lowest BCUT2D eigenvalue weighted by Gasteiger charge is -2.34. The molecule has 0 amide bonds. The summed E-state index contributed by atoms with van der Waals surface area (Å²) in [7, 11) is 0. The van der Waals surface area contributed by atoms with Crippen LogP contribution in [0.5, 0.6) is 0 Å². The molecule has 1 aliphatic rings. The van der Waals surface area contributed by atoms with Gasteiger partial charge in [-0.05, 0) is 25.0 Å². The van der Waals surface area contributed by atoms with Crippen LogP contribution < -0.4 is 4.90 Å². The molecule has 2 rings (SSSR count). The molecular formula is C13H19ClN2O. The summed E-state index contributed by atoms with van der Waals surface area (Å²) in [6, 6.07) is 4.31. The van der Waals surface area contributed by atoms with Gasteiger partial charge in [0, 0.05) is 18.8 Å². The third-order valence-electron chi connectivity index (χ3n) is 3.36. The van der Waals surface area contributed by atoms with Gasteiger partial charge in [0.05, 0.1) is 11.6 Å². The maximum absolute atomic E-state index is 9.19. The molecular weight excluding hydrogens is 236 g/mol. The van der Waals surface area contributed by atoms with Gasteiger partial charge in [0.15, 0.2) is 0 Å². The normalized spacial score (nSPS) is 17.1. The van der Waals surface area contributed by atoms with E-state index >= 15 is 0 Å². The molecule has 1 aromatic rings. The Morgan fingerprint density at radius 3 is 2.65 bits per heavy atom. The first kappa shape index (κ1) is 12.7. The molecule has 0 aliphatic heterocycles. The van der Waals surface area contributed by atoms with Crippen LogP contribution in [0.15, 0.2) is 18.3 Å². The van der Waals surface area contributed by atoms with Crippen molar-refractivity contribution in [3.05, 3.63) is 23.4 Å². The fraction of sp³-hybridized carbons (Fsp3) is 0.615. The molecule has 1 fully saturated rings. The predicted molar refractivity (Wildman–Crippen MR) is 70.6 cm³/mol. The number of nitrogens with zero attached hydrogens (tertiary/aromatic N) is 2. The highest BCUT2D eigenvalue weighted by atomic mass is 35.5. The van der Waals surface area contributed by atoms with Crippen LogP contribution >= 0.6 is 11.6 Å². The fourth-order valence-corrected chi connectivity index (χ4v) is 2.63. The van der Waals surface area contributed by atoms with E-state index in [4.69, 9.17) is 11.6 Å². The molecule has 0 unspecified atom stereocenters. The third kappa shape index (κ3) is 3.33. The SMILES string of the molecule is OCCN(c1ccc(Cl)cn1)C1CCCCC1. The van der Waals surface area contributed by atoms with Gasteiger partial charge in [-0.15, -0.1) is 0 Å². The minimum absolute atomic E-state index is 0.167. The third-order valence-corrected chi connectivity index (χ3v) is 3.59. The van der Waals surface area contributed by atoms with Gasteiger partial charge in [0.1, 0.15) is 5.82 Å². The Hall–Kier alpha value is -0.800. The summed E-state index contributed by atoms with van der Waals surface area (Å²) < 4.78 is 0. The molecule has 1 N–H and O–H groups in total. The van der Waals surface area contributed by atoms with Crippen LogP contribution in [0.3, 0.4) is 0 Å². The maximum Gasteiger partial charge on any atom is 0.128 e. The van der Waals surface area contributed by atoms with Gasteiger partial charge in [-0.2, -0.15) is 0 Å². The number of hydrogen-bond acceptors (Lipinski definition) is 3. The van der Waals surface area contributed by atoms with Gasteiger partial charge in [0.25, 0.3) is 0 Å². The van der Waals surface area contributed by atoms with Gasteiger partial charge in [-0.3, -0.25) is 0 Å². The van der Waals surface area contributed by atoms with Crippen molar-refractivity contribution >= 4 is 17.4 Å². The fourth-order valence-electron chi connectivity index (χ4n) is 2.52. The van der Waals surface area contributed by atoms with Gasteiger partial charge < -0.3 is 10.0 Å². The molecule has 0 spiro atoms. The molecule has 0 radical (unpaired) electrons. The number of hydrogen-bond donors (Lipinski definition) is 1. The van der Waals surface area contributed by atoms with Gasteiger partial charge >= 0.3 is 0 Å².